The van der Waals surface area contributed by atoms with Crippen molar-refractivity contribution < 1.29 is 14.5 Å². The summed E-state index contributed by atoms with van der Waals surface area (Å²) in [5.74, 6) is -0.640. The lowest BCUT2D eigenvalue weighted by Gasteiger charge is -2.24. The summed E-state index contributed by atoms with van der Waals surface area (Å²) < 4.78 is 6.95. The molecule has 0 bridgehead atoms. The Morgan fingerprint density at radius 3 is 2.71 bits per heavy atom. The number of halogens is 2. The Morgan fingerprint density at radius 2 is 2.03 bits per heavy atom. The molecule has 0 amide bonds. The van der Waals surface area contributed by atoms with Crippen LogP contribution in [0, 0.1) is 10.1 Å². The molecule has 2 aromatic carbocycles. The van der Waals surface area contributed by atoms with Gasteiger partial charge in [0.05, 0.1) is 43.4 Å². The van der Waals surface area contributed by atoms with E-state index in [9.17, 15) is 19.7 Å². The largest absolute Gasteiger partial charge is 0.463 e. The van der Waals surface area contributed by atoms with Gasteiger partial charge in [-0.05, 0) is 43.2 Å². The van der Waals surface area contributed by atoms with Crippen molar-refractivity contribution >= 4 is 52.3 Å². The molecule has 0 spiro atoms. The fourth-order valence-electron chi connectivity index (χ4n) is 3.67. The number of aromatic nitrogens is 1. The number of nitrogens with zero attached hydrogens (tertiary/aromatic N) is 3. The molecule has 3 aromatic rings. The van der Waals surface area contributed by atoms with Crippen LogP contribution in [0.4, 0.5) is 5.69 Å². The lowest BCUT2D eigenvalue weighted by Crippen LogP contribution is -2.40. The zero-order chi connectivity index (χ0) is 24.6. The number of thiazole rings is 1. The van der Waals surface area contributed by atoms with Crippen LogP contribution in [0.1, 0.15) is 31.0 Å². The maximum absolute atomic E-state index is 13.5. The zero-order valence-corrected chi connectivity index (χ0v) is 20.3. The van der Waals surface area contributed by atoms with Crippen molar-refractivity contribution in [1.82, 2.24) is 4.57 Å². The summed E-state index contributed by atoms with van der Waals surface area (Å²) in [5.41, 5.74) is 1.02. The van der Waals surface area contributed by atoms with Crippen molar-refractivity contribution in [1.29, 1.82) is 0 Å². The molecule has 0 fully saturated rings. The lowest BCUT2D eigenvalue weighted by molar-refractivity contribution is -0.384. The summed E-state index contributed by atoms with van der Waals surface area (Å²) in [6, 6.07) is 9.88. The second-order valence-corrected chi connectivity index (χ2v) is 9.15. The average molecular weight is 518 g/mol. The second kappa shape index (κ2) is 9.54. The van der Waals surface area contributed by atoms with Crippen molar-refractivity contribution in [3.63, 3.8) is 0 Å². The van der Waals surface area contributed by atoms with Gasteiger partial charge in [-0.1, -0.05) is 52.7 Å². The number of carbonyl (C=O) groups excluding carboxylic acids is 1. The molecule has 11 heteroatoms. The van der Waals surface area contributed by atoms with Crippen LogP contribution in [0.2, 0.25) is 10.0 Å². The van der Waals surface area contributed by atoms with Gasteiger partial charge in [0.25, 0.3) is 11.2 Å². The fourth-order valence-corrected chi connectivity index (χ4v) is 5.02. The van der Waals surface area contributed by atoms with Gasteiger partial charge in [0.1, 0.15) is 0 Å². The Balaban J connectivity index is 1.97. The maximum atomic E-state index is 13.5. The predicted octanol–water partition coefficient (Wildman–Crippen LogP) is 4.01. The third kappa shape index (κ3) is 4.42. The number of benzene rings is 2. The summed E-state index contributed by atoms with van der Waals surface area (Å²) in [5, 5.41) is 12.1. The highest BCUT2D eigenvalue weighted by Crippen LogP contribution is 2.32. The van der Waals surface area contributed by atoms with Crippen molar-refractivity contribution in [3.8, 4) is 0 Å². The number of carbonyl (C=O) groups is 1. The first kappa shape index (κ1) is 23.9. The minimum absolute atomic E-state index is 0.124. The van der Waals surface area contributed by atoms with Crippen LogP contribution in [0.15, 0.2) is 63.5 Å². The zero-order valence-electron chi connectivity index (χ0n) is 18.0. The van der Waals surface area contributed by atoms with Crippen LogP contribution in [-0.2, 0) is 9.53 Å². The van der Waals surface area contributed by atoms with Crippen LogP contribution < -0.4 is 14.9 Å². The topological polar surface area (TPSA) is 104 Å². The van der Waals surface area contributed by atoms with Gasteiger partial charge in [-0.15, -0.1) is 0 Å². The van der Waals surface area contributed by atoms with Crippen molar-refractivity contribution in [2.75, 3.05) is 6.61 Å². The third-order valence-electron chi connectivity index (χ3n) is 5.16. The Kier molecular flexibility index (Phi) is 6.70. The molecule has 2 heterocycles. The van der Waals surface area contributed by atoms with Gasteiger partial charge >= 0.3 is 5.97 Å². The summed E-state index contributed by atoms with van der Waals surface area (Å²) in [7, 11) is 0. The SMILES string of the molecule is CCOC(=O)C1=C(C)N=c2s/c(=C/c3ccc(Cl)c(Cl)c3)c(=O)n2[C@H]1c1cccc([N+](=O)[O-])c1. The van der Waals surface area contributed by atoms with E-state index in [1.54, 1.807) is 44.2 Å². The predicted molar refractivity (Wildman–Crippen MR) is 130 cm³/mol. The van der Waals surface area contributed by atoms with E-state index in [0.717, 1.165) is 11.3 Å². The van der Waals surface area contributed by atoms with E-state index in [-0.39, 0.29) is 17.9 Å². The van der Waals surface area contributed by atoms with Gasteiger partial charge in [0, 0.05) is 12.1 Å². The van der Waals surface area contributed by atoms with Gasteiger partial charge in [-0.2, -0.15) is 0 Å². The van der Waals surface area contributed by atoms with Crippen LogP contribution in [0.5, 0.6) is 0 Å². The molecule has 0 unspecified atom stereocenters. The molecule has 1 aliphatic heterocycles. The van der Waals surface area contributed by atoms with Crippen LogP contribution >= 0.6 is 34.5 Å². The first-order chi connectivity index (χ1) is 16.2. The molecular weight excluding hydrogens is 501 g/mol. The van der Waals surface area contributed by atoms with E-state index in [1.807, 2.05) is 0 Å². The maximum Gasteiger partial charge on any atom is 0.338 e. The van der Waals surface area contributed by atoms with Gasteiger partial charge in [0.15, 0.2) is 4.80 Å². The Bertz CT molecular complexity index is 1540. The van der Waals surface area contributed by atoms with Crippen molar-refractivity contribution in [2.45, 2.75) is 19.9 Å². The highest BCUT2D eigenvalue weighted by atomic mass is 35.5. The fraction of sp³-hybridized carbons (Fsp3) is 0.174. The first-order valence-corrected chi connectivity index (χ1v) is 11.7. The normalized spacial score (nSPS) is 15.6. The number of nitro groups is 1. The number of fused-ring (bicyclic) bond motifs is 1. The van der Waals surface area contributed by atoms with E-state index in [4.69, 9.17) is 27.9 Å². The molecule has 8 nitrogen and oxygen atoms in total. The number of hydrogen-bond acceptors (Lipinski definition) is 7. The summed E-state index contributed by atoms with van der Waals surface area (Å²) >= 11 is 13.2. The molecule has 0 N–H and O–H groups in total. The number of allylic oxidation sites excluding steroid dienone is 1. The third-order valence-corrected chi connectivity index (χ3v) is 6.88. The minimum Gasteiger partial charge on any atom is -0.463 e. The number of hydrogen-bond donors (Lipinski definition) is 0. The summed E-state index contributed by atoms with van der Waals surface area (Å²) in [4.78, 5) is 42.1. The highest BCUT2D eigenvalue weighted by molar-refractivity contribution is 7.07. The number of nitro benzene ring substituents is 1. The minimum atomic E-state index is -0.939. The van der Waals surface area contributed by atoms with E-state index in [1.165, 1.54) is 22.8 Å². The summed E-state index contributed by atoms with van der Waals surface area (Å²) in [6.45, 7) is 3.44. The van der Waals surface area contributed by atoms with Crippen LogP contribution in [-0.4, -0.2) is 22.1 Å². The van der Waals surface area contributed by atoms with Gasteiger partial charge in [0.2, 0.25) is 0 Å². The van der Waals surface area contributed by atoms with Crippen LogP contribution in [0.3, 0.4) is 0 Å². The van der Waals surface area contributed by atoms with Crippen molar-refractivity contribution in [2.24, 2.45) is 4.99 Å². The highest BCUT2D eigenvalue weighted by Gasteiger charge is 2.34. The molecule has 0 radical (unpaired) electrons. The number of rotatable bonds is 5. The molecule has 0 aliphatic carbocycles. The smallest absolute Gasteiger partial charge is 0.338 e. The molecule has 34 heavy (non-hydrogen) atoms. The molecule has 0 saturated heterocycles. The quantitative estimate of drug-likeness (QED) is 0.289. The molecule has 4 rings (SSSR count). The number of esters is 1. The van der Waals surface area contributed by atoms with E-state index in [0.29, 0.717) is 36.2 Å². The molecule has 0 saturated carbocycles. The standard InChI is InChI=1S/C23H17Cl2N3O5S/c1-3-33-22(30)19-12(2)26-23-27(20(19)14-5-4-6-15(11-14)28(31)32)21(29)18(34-23)10-13-7-8-16(24)17(25)9-13/h4-11,20H,3H2,1-2H3/b18-10+/t20-/m0/s1. The second-order valence-electron chi connectivity index (χ2n) is 7.33. The molecule has 1 aromatic heterocycles. The Morgan fingerprint density at radius 1 is 1.26 bits per heavy atom. The van der Waals surface area contributed by atoms with E-state index in [2.05, 4.69) is 4.99 Å². The summed E-state index contributed by atoms with van der Waals surface area (Å²) in [6.07, 6.45) is 1.65. The molecular formula is C23H17Cl2N3O5S. The lowest BCUT2D eigenvalue weighted by atomic mass is 9.95. The number of ether oxygens (including phenoxy) is 1. The number of non-ortho nitro benzene ring substituents is 1. The van der Waals surface area contributed by atoms with E-state index >= 15 is 0 Å². The van der Waals surface area contributed by atoms with Crippen LogP contribution in [0.25, 0.3) is 6.08 Å². The van der Waals surface area contributed by atoms with Crippen molar-refractivity contribution in [3.05, 3.63) is 105 Å². The van der Waals surface area contributed by atoms with E-state index < -0.39 is 22.5 Å². The molecule has 174 valence electrons. The average Bonchev–Trinajstić information content (AvgIpc) is 3.10. The van der Waals surface area contributed by atoms with Gasteiger partial charge < -0.3 is 4.74 Å². The van der Waals surface area contributed by atoms with Gasteiger partial charge in [-0.3, -0.25) is 19.5 Å². The molecule has 1 atom stereocenters. The first-order valence-electron chi connectivity index (χ1n) is 10.1. The Hall–Kier alpha value is -3.27. The monoisotopic (exact) mass is 517 g/mol. The molecule has 1 aliphatic rings. The van der Waals surface area contributed by atoms with Gasteiger partial charge in [-0.25, -0.2) is 9.79 Å². The Labute approximate surface area is 207 Å².